The van der Waals surface area contributed by atoms with Crippen molar-refractivity contribution in [1.29, 1.82) is 0 Å². The van der Waals surface area contributed by atoms with Gasteiger partial charge in [0, 0.05) is 16.7 Å². The Morgan fingerprint density at radius 2 is 1.82 bits per heavy atom. The number of carbonyl (C=O) groups is 2. The fourth-order valence-electron chi connectivity index (χ4n) is 1.80. The first-order chi connectivity index (χ1) is 10.5. The summed E-state index contributed by atoms with van der Waals surface area (Å²) in [6, 6.07) is 10.1. The van der Waals surface area contributed by atoms with Crippen LogP contribution in [0.3, 0.4) is 0 Å². The summed E-state index contributed by atoms with van der Waals surface area (Å²) in [6.07, 6.45) is 0. The first-order valence-corrected chi connectivity index (χ1v) is 7.13. The van der Waals surface area contributed by atoms with E-state index in [2.05, 4.69) is 26.6 Å². The Labute approximate surface area is 134 Å². The van der Waals surface area contributed by atoms with Gasteiger partial charge >= 0.3 is 6.03 Å². The van der Waals surface area contributed by atoms with Crippen LogP contribution in [0.2, 0.25) is 0 Å². The Bertz CT molecular complexity index is 704. The van der Waals surface area contributed by atoms with Crippen LogP contribution in [0.25, 0.3) is 0 Å². The molecule has 5 nitrogen and oxygen atoms in total. The van der Waals surface area contributed by atoms with Crippen molar-refractivity contribution in [1.82, 2.24) is 5.32 Å². The van der Waals surface area contributed by atoms with Gasteiger partial charge in [0.1, 0.15) is 5.82 Å². The quantitative estimate of drug-likeness (QED) is 0.777. The zero-order chi connectivity index (χ0) is 16.1. The normalized spacial score (nSPS) is 10.1. The summed E-state index contributed by atoms with van der Waals surface area (Å²) in [4.78, 5) is 22.7. The van der Waals surface area contributed by atoms with E-state index >= 15 is 0 Å². The Kier molecular flexibility index (Phi) is 5.11. The predicted octanol–water partition coefficient (Wildman–Crippen LogP) is 3.01. The van der Waals surface area contributed by atoms with Gasteiger partial charge in [0.05, 0.1) is 5.56 Å². The van der Waals surface area contributed by atoms with Gasteiger partial charge in [-0.05, 0) is 51.8 Å². The minimum Gasteiger partial charge on any atom is -0.351 e. The Balaban J connectivity index is 1.97. The molecule has 0 aromatic heterocycles. The van der Waals surface area contributed by atoms with Gasteiger partial charge in [0.2, 0.25) is 0 Å². The van der Waals surface area contributed by atoms with Crippen molar-refractivity contribution in [2.24, 2.45) is 5.73 Å². The van der Waals surface area contributed by atoms with Gasteiger partial charge in [-0.3, -0.25) is 4.79 Å². The number of hydrogen-bond acceptors (Lipinski definition) is 2. The van der Waals surface area contributed by atoms with Crippen LogP contribution in [0, 0.1) is 5.82 Å². The van der Waals surface area contributed by atoms with E-state index in [4.69, 9.17) is 5.73 Å². The van der Waals surface area contributed by atoms with Crippen molar-refractivity contribution in [2.75, 3.05) is 5.32 Å². The van der Waals surface area contributed by atoms with E-state index in [0.29, 0.717) is 22.3 Å². The van der Waals surface area contributed by atoms with Crippen molar-refractivity contribution < 1.29 is 14.0 Å². The Hall–Kier alpha value is -2.41. The zero-order valence-electron chi connectivity index (χ0n) is 11.4. The minimum absolute atomic E-state index is 0.305. The van der Waals surface area contributed by atoms with E-state index < -0.39 is 11.8 Å². The zero-order valence-corrected chi connectivity index (χ0v) is 13.0. The fourth-order valence-corrected chi connectivity index (χ4v) is 2.33. The van der Waals surface area contributed by atoms with Gasteiger partial charge in [0.25, 0.3) is 5.91 Å². The predicted molar refractivity (Wildman–Crippen MR) is 84.9 cm³/mol. The molecule has 0 saturated heterocycles. The lowest BCUT2D eigenvalue weighted by Crippen LogP contribution is -2.23. The first-order valence-electron chi connectivity index (χ1n) is 6.34. The number of primary amides is 1. The Morgan fingerprint density at radius 1 is 1.14 bits per heavy atom. The van der Waals surface area contributed by atoms with Crippen LogP contribution in [0.1, 0.15) is 15.9 Å². The van der Waals surface area contributed by atoms with E-state index in [1.165, 1.54) is 18.2 Å². The van der Waals surface area contributed by atoms with Crippen LogP contribution in [0.4, 0.5) is 14.9 Å². The number of nitrogens with one attached hydrogen (secondary N) is 2. The molecule has 0 unspecified atom stereocenters. The number of amides is 3. The molecule has 0 aliphatic heterocycles. The van der Waals surface area contributed by atoms with E-state index in [9.17, 15) is 14.0 Å². The van der Waals surface area contributed by atoms with Gasteiger partial charge in [-0.1, -0.05) is 12.1 Å². The number of anilines is 1. The van der Waals surface area contributed by atoms with Crippen molar-refractivity contribution in [2.45, 2.75) is 6.54 Å². The average molecular weight is 366 g/mol. The molecule has 0 saturated carbocycles. The maximum Gasteiger partial charge on any atom is 0.316 e. The lowest BCUT2D eigenvalue weighted by atomic mass is 10.2. The summed E-state index contributed by atoms with van der Waals surface area (Å²) in [5.74, 6) is -0.729. The van der Waals surface area contributed by atoms with Crippen LogP contribution in [-0.2, 0) is 6.54 Å². The summed E-state index contributed by atoms with van der Waals surface area (Å²) in [5.41, 5.74) is 6.79. The molecular formula is C15H13BrFN3O2. The molecule has 2 aromatic rings. The van der Waals surface area contributed by atoms with Gasteiger partial charge in [-0.25, -0.2) is 9.18 Å². The van der Waals surface area contributed by atoms with Crippen molar-refractivity contribution in [3.8, 4) is 0 Å². The van der Waals surface area contributed by atoms with Crippen LogP contribution < -0.4 is 16.4 Å². The molecule has 0 spiro atoms. The van der Waals surface area contributed by atoms with E-state index in [1.54, 1.807) is 24.3 Å². The molecule has 22 heavy (non-hydrogen) atoms. The molecule has 0 aliphatic rings. The van der Waals surface area contributed by atoms with Gasteiger partial charge in [-0.2, -0.15) is 0 Å². The highest BCUT2D eigenvalue weighted by Crippen LogP contribution is 2.18. The summed E-state index contributed by atoms with van der Waals surface area (Å²) >= 11 is 3.15. The smallest absolute Gasteiger partial charge is 0.316 e. The second-order valence-electron chi connectivity index (χ2n) is 4.49. The maximum atomic E-state index is 13.0. The van der Waals surface area contributed by atoms with Crippen molar-refractivity contribution in [3.63, 3.8) is 0 Å². The summed E-state index contributed by atoms with van der Waals surface area (Å²) < 4.78 is 13.4. The third-order valence-electron chi connectivity index (χ3n) is 2.85. The summed E-state index contributed by atoms with van der Waals surface area (Å²) in [7, 11) is 0. The molecule has 0 radical (unpaired) electrons. The molecule has 0 bridgehead atoms. The average Bonchev–Trinajstić information content (AvgIpc) is 2.45. The summed E-state index contributed by atoms with van der Waals surface area (Å²) in [5, 5.41) is 5.18. The molecule has 7 heteroatoms. The highest BCUT2D eigenvalue weighted by molar-refractivity contribution is 9.10. The second kappa shape index (κ2) is 7.04. The van der Waals surface area contributed by atoms with Crippen LogP contribution in [0.15, 0.2) is 46.9 Å². The van der Waals surface area contributed by atoms with Crippen LogP contribution in [0.5, 0.6) is 0 Å². The molecule has 2 aromatic carbocycles. The van der Waals surface area contributed by atoms with E-state index in [1.807, 2.05) is 0 Å². The molecule has 4 N–H and O–H groups in total. The molecule has 3 amide bonds. The van der Waals surface area contributed by atoms with E-state index in [-0.39, 0.29) is 5.91 Å². The fraction of sp³-hybridized carbons (Fsp3) is 0.0667. The second-order valence-corrected chi connectivity index (χ2v) is 5.35. The lowest BCUT2D eigenvalue weighted by Gasteiger charge is -2.08. The molecular weight excluding hydrogens is 353 g/mol. The molecule has 0 atom stereocenters. The third-order valence-corrected chi connectivity index (χ3v) is 3.51. The van der Waals surface area contributed by atoms with Crippen molar-refractivity contribution in [3.05, 3.63) is 63.9 Å². The molecule has 0 heterocycles. The minimum atomic E-state index is -0.637. The number of nitrogens with two attached hydrogens (primary N) is 1. The SMILES string of the molecule is NC(=O)Nc1ccc(CNC(=O)c2ccc(F)cc2Br)cc1. The van der Waals surface area contributed by atoms with Gasteiger partial charge in [-0.15, -0.1) is 0 Å². The van der Waals surface area contributed by atoms with E-state index in [0.717, 1.165) is 5.56 Å². The standard InChI is InChI=1S/C15H13BrFN3O2/c16-13-7-10(17)3-6-12(13)14(21)19-8-9-1-4-11(5-2-9)20-15(18)22/h1-7H,8H2,(H,19,21)(H3,18,20,22). The molecule has 0 fully saturated rings. The van der Waals surface area contributed by atoms with Crippen LogP contribution in [-0.4, -0.2) is 11.9 Å². The molecule has 114 valence electrons. The first kappa shape index (κ1) is 16.0. The molecule has 0 aliphatic carbocycles. The number of carbonyl (C=O) groups excluding carboxylic acids is 2. The lowest BCUT2D eigenvalue weighted by molar-refractivity contribution is 0.0950. The van der Waals surface area contributed by atoms with Gasteiger partial charge < -0.3 is 16.4 Å². The number of hydrogen-bond donors (Lipinski definition) is 3. The number of rotatable bonds is 4. The Morgan fingerprint density at radius 3 is 2.41 bits per heavy atom. The van der Waals surface area contributed by atoms with Crippen molar-refractivity contribution >= 4 is 33.6 Å². The highest BCUT2D eigenvalue weighted by atomic mass is 79.9. The summed E-state index contributed by atoms with van der Waals surface area (Å²) in [6.45, 7) is 0.305. The number of halogens is 2. The maximum absolute atomic E-state index is 13.0. The number of benzene rings is 2. The topological polar surface area (TPSA) is 84.2 Å². The van der Waals surface area contributed by atoms with Gasteiger partial charge in [0.15, 0.2) is 0 Å². The highest BCUT2D eigenvalue weighted by Gasteiger charge is 2.10. The monoisotopic (exact) mass is 365 g/mol. The third kappa shape index (κ3) is 4.29. The number of urea groups is 1. The molecule has 2 rings (SSSR count). The van der Waals surface area contributed by atoms with Crippen LogP contribution >= 0.6 is 15.9 Å². The largest absolute Gasteiger partial charge is 0.351 e.